The summed E-state index contributed by atoms with van der Waals surface area (Å²) in [7, 11) is 0. The molecule has 0 aliphatic carbocycles. The van der Waals surface area contributed by atoms with Gasteiger partial charge < -0.3 is 9.90 Å². The number of carboxylic acid groups (broad SMARTS) is 1. The largest absolute Gasteiger partial charge is 1.00 e. The van der Waals surface area contributed by atoms with Crippen molar-refractivity contribution >= 4 is 5.97 Å². The van der Waals surface area contributed by atoms with Crippen LogP contribution < -0.4 is 24.0 Å². The number of rotatable bonds is 1. The van der Waals surface area contributed by atoms with Gasteiger partial charge in [-0.25, -0.2) is 0 Å². The van der Waals surface area contributed by atoms with Gasteiger partial charge in [0.2, 0.25) is 0 Å². The zero-order valence-electron chi connectivity index (χ0n) is 6.63. The molecule has 0 heterocycles. The summed E-state index contributed by atoms with van der Waals surface area (Å²) in [4.78, 5) is 10.3. The van der Waals surface area contributed by atoms with E-state index in [-0.39, 0.29) is 24.4 Å². The number of carbonyl (C=O) groups is 1. The SMILES string of the molecule is Cc1ccccc1C(=O)[O-].[Li+]. The number of hydrogen-bond acceptors (Lipinski definition) is 2. The van der Waals surface area contributed by atoms with Crippen molar-refractivity contribution in [1.29, 1.82) is 0 Å². The average Bonchev–Trinajstić information content (AvgIpc) is 1.88. The first-order chi connectivity index (χ1) is 4.72. The minimum Gasteiger partial charge on any atom is -0.545 e. The minimum absolute atomic E-state index is 0. The number of carboxylic acids is 1. The first-order valence-corrected chi connectivity index (χ1v) is 2.99. The summed E-state index contributed by atoms with van der Waals surface area (Å²) in [5.74, 6) is -1.11. The van der Waals surface area contributed by atoms with Crippen LogP contribution >= 0.6 is 0 Å². The van der Waals surface area contributed by atoms with Crippen LogP contribution in [0.5, 0.6) is 0 Å². The van der Waals surface area contributed by atoms with Crippen molar-refractivity contribution in [3.63, 3.8) is 0 Å². The van der Waals surface area contributed by atoms with Crippen LogP contribution in [0.25, 0.3) is 0 Å². The quantitative estimate of drug-likeness (QED) is 0.402. The van der Waals surface area contributed by atoms with Crippen molar-refractivity contribution in [2.45, 2.75) is 6.92 Å². The topological polar surface area (TPSA) is 40.1 Å². The van der Waals surface area contributed by atoms with Gasteiger partial charge in [-0.05, 0) is 12.5 Å². The second-order valence-electron chi connectivity index (χ2n) is 2.10. The van der Waals surface area contributed by atoms with E-state index in [0.29, 0.717) is 0 Å². The standard InChI is InChI=1S/C8H8O2.Li/c1-6-4-2-3-5-7(6)8(9)10;/h2-5H,1H3,(H,9,10);/q;+1/p-1. The summed E-state index contributed by atoms with van der Waals surface area (Å²) >= 11 is 0. The summed E-state index contributed by atoms with van der Waals surface area (Å²) in [6.07, 6.45) is 0. The van der Waals surface area contributed by atoms with Crippen LogP contribution in [0, 0.1) is 6.92 Å². The zero-order chi connectivity index (χ0) is 7.56. The predicted molar refractivity (Wildman–Crippen MR) is 35.5 cm³/mol. The van der Waals surface area contributed by atoms with E-state index in [1.165, 1.54) is 6.07 Å². The molecule has 0 saturated carbocycles. The Balaban J connectivity index is 0.000001000. The molecule has 0 fully saturated rings. The molecule has 0 aliphatic heterocycles. The van der Waals surface area contributed by atoms with E-state index in [2.05, 4.69) is 0 Å². The molecule has 0 saturated heterocycles. The van der Waals surface area contributed by atoms with Gasteiger partial charge in [0.05, 0.1) is 5.97 Å². The molecule has 0 bridgehead atoms. The molecule has 0 N–H and O–H groups in total. The molecule has 0 aromatic heterocycles. The van der Waals surface area contributed by atoms with Gasteiger partial charge in [-0.1, -0.05) is 24.3 Å². The maximum atomic E-state index is 10.3. The second-order valence-corrected chi connectivity index (χ2v) is 2.10. The molecule has 11 heavy (non-hydrogen) atoms. The molecule has 0 unspecified atom stereocenters. The molecule has 3 heteroatoms. The van der Waals surface area contributed by atoms with Gasteiger partial charge in [0.15, 0.2) is 0 Å². The molecule has 0 radical (unpaired) electrons. The Bertz CT molecular complexity index is 258. The molecule has 52 valence electrons. The van der Waals surface area contributed by atoms with Crippen molar-refractivity contribution in [3.8, 4) is 0 Å². The molecule has 0 aliphatic rings. The summed E-state index contributed by atoms with van der Waals surface area (Å²) in [5.41, 5.74) is 1.00. The second kappa shape index (κ2) is 4.22. The minimum atomic E-state index is -1.11. The first-order valence-electron chi connectivity index (χ1n) is 2.99. The number of aromatic carboxylic acids is 1. The summed E-state index contributed by atoms with van der Waals surface area (Å²) < 4.78 is 0. The Morgan fingerprint density at radius 2 is 1.91 bits per heavy atom. The number of hydrogen-bond donors (Lipinski definition) is 0. The number of benzene rings is 1. The van der Waals surface area contributed by atoms with Gasteiger partial charge in [-0.2, -0.15) is 0 Å². The van der Waals surface area contributed by atoms with E-state index in [1.54, 1.807) is 25.1 Å². The van der Waals surface area contributed by atoms with E-state index < -0.39 is 5.97 Å². The average molecular weight is 142 g/mol. The molecule has 0 spiro atoms. The maximum Gasteiger partial charge on any atom is 1.00 e. The van der Waals surface area contributed by atoms with Crippen LogP contribution in [0.3, 0.4) is 0 Å². The normalized spacial score (nSPS) is 8.45. The van der Waals surface area contributed by atoms with E-state index in [9.17, 15) is 9.90 Å². The van der Waals surface area contributed by atoms with E-state index in [0.717, 1.165) is 5.56 Å². The first kappa shape index (κ1) is 10.3. The van der Waals surface area contributed by atoms with Crippen molar-refractivity contribution < 1.29 is 28.8 Å². The zero-order valence-corrected chi connectivity index (χ0v) is 6.63. The van der Waals surface area contributed by atoms with Crippen molar-refractivity contribution in [3.05, 3.63) is 35.4 Å². The number of aryl methyl sites for hydroxylation is 1. The molecule has 1 aromatic rings. The number of carbonyl (C=O) groups excluding carboxylic acids is 1. The third-order valence-electron chi connectivity index (χ3n) is 1.36. The van der Waals surface area contributed by atoms with Gasteiger partial charge >= 0.3 is 18.9 Å². The third-order valence-corrected chi connectivity index (χ3v) is 1.36. The molecule has 0 atom stereocenters. The summed E-state index contributed by atoms with van der Waals surface area (Å²) in [6, 6.07) is 6.75. The van der Waals surface area contributed by atoms with Gasteiger partial charge in [0.25, 0.3) is 0 Å². The van der Waals surface area contributed by atoms with Crippen LogP contribution in [-0.4, -0.2) is 5.97 Å². The van der Waals surface area contributed by atoms with Gasteiger partial charge in [-0.3, -0.25) is 0 Å². The van der Waals surface area contributed by atoms with Gasteiger partial charge in [0.1, 0.15) is 0 Å². The molecule has 1 rings (SSSR count). The van der Waals surface area contributed by atoms with Crippen molar-refractivity contribution in [2.24, 2.45) is 0 Å². The fraction of sp³-hybridized carbons (Fsp3) is 0.125. The van der Waals surface area contributed by atoms with Crippen molar-refractivity contribution in [2.75, 3.05) is 0 Å². The third kappa shape index (κ3) is 2.42. The van der Waals surface area contributed by atoms with Crippen LogP contribution in [0.1, 0.15) is 15.9 Å². The van der Waals surface area contributed by atoms with Gasteiger partial charge in [-0.15, -0.1) is 0 Å². The molecule has 1 aromatic carbocycles. The Hall–Kier alpha value is -0.713. The summed E-state index contributed by atoms with van der Waals surface area (Å²) in [5, 5.41) is 10.3. The smallest absolute Gasteiger partial charge is 0.545 e. The van der Waals surface area contributed by atoms with E-state index in [1.807, 2.05) is 0 Å². The Morgan fingerprint density at radius 1 is 1.36 bits per heavy atom. The van der Waals surface area contributed by atoms with Crippen molar-refractivity contribution in [1.82, 2.24) is 0 Å². The Labute approximate surface area is 77.4 Å². The van der Waals surface area contributed by atoms with Crippen LogP contribution in [0.15, 0.2) is 24.3 Å². The fourth-order valence-corrected chi connectivity index (χ4v) is 0.802. The van der Waals surface area contributed by atoms with E-state index in [4.69, 9.17) is 0 Å². The maximum absolute atomic E-state index is 10.3. The van der Waals surface area contributed by atoms with E-state index >= 15 is 0 Å². The monoisotopic (exact) mass is 142 g/mol. The summed E-state index contributed by atoms with van der Waals surface area (Å²) in [6.45, 7) is 1.74. The van der Waals surface area contributed by atoms with Crippen LogP contribution in [0.4, 0.5) is 0 Å². The molecule has 0 amide bonds. The van der Waals surface area contributed by atoms with Crippen LogP contribution in [-0.2, 0) is 0 Å². The van der Waals surface area contributed by atoms with Crippen LogP contribution in [0.2, 0.25) is 0 Å². The van der Waals surface area contributed by atoms with Gasteiger partial charge in [0, 0.05) is 5.56 Å². The Kier molecular flexibility index (Phi) is 3.95. The predicted octanol–water partition coefficient (Wildman–Crippen LogP) is -2.64. The molecular weight excluding hydrogens is 135 g/mol. The fourth-order valence-electron chi connectivity index (χ4n) is 0.802. The molecule has 2 nitrogen and oxygen atoms in total. The Morgan fingerprint density at radius 3 is 2.27 bits per heavy atom. The molecular formula is C8H7LiO2.